The van der Waals surface area contributed by atoms with E-state index in [0.717, 1.165) is 26.1 Å². The van der Waals surface area contributed by atoms with Crippen molar-refractivity contribution < 1.29 is 4.74 Å². The van der Waals surface area contributed by atoms with Gasteiger partial charge in [-0.05, 0) is 26.3 Å². The first-order chi connectivity index (χ1) is 8.31. The Kier molecular flexibility index (Phi) is 4.57. The molecule has 0 aromatic carbocycles. The average molecular weight is 233 g/mol. The fourth-order valence-corrected chi connectivity index (χ4v) is 2.66. The molecule has 1 aliphatic carbocycles. The van der Waals surface area contributed by atoms with E-state index in [1.807, 2.05) is 0 Å². The summed E-state index contributed by atoms with van der Waals surface area (Å²) < 4.78 is 5.67. The Hall–Kier alpha value is -0.860. The van der Waals surface area contributed by atoms with E-state index in [1.54, 1.807) is 0 Å². The van der Waals surface area contributed by atoms with E-state index in [0.29, 0.717) is 12.1 Å². The van der Waals surface area contributed by atoms with Crippen molar-refractivity contribution in [3.05, 3.63) is 36.0 Å². The van der Waals surface area contributed by atoms with Gasteiger partial charge in [0.25, 0.3) is 0 Å². The molecule has 94 valence electrons. The molecule has 0 aromatic rings. The molecule has 2 nitrogen and oxygen atoms in total. The molecule has 0 saturated carbocycles. The summed E-state index contributed by atoms with van der Waals surface area (Å²) in [5.41, 5.74) is 1.50. The van der Waals surface area contributed by atoms with Crippen molar-refractivity contribution in [2.24, 2.45) is 0 Å². The number of ether oxygens (including phenoxy) is 1. The van der Waals surface area contributed by atoms with Crippen molar-refractivity contribution in [3.63, 3.8) is 0 Å². The van der Waals surface area contributed by atoms with Gasteiger partial charge in [0.15, 0.2) is 0 Å². The van der Waals surface area contributed by atoms with Gasteiger partial charge in [0.1, 0.15) is 0 Å². The van der Waals surface area contributed by atoms with E-state index in [9.17, 15) is 0 Å². The smallest absolute Gasteiger partial charge is 0.0703 e. The zero-order chi connectivity index (χ0) is 12.1. The number of allylic oxidation sites excluding steroid dienone is 5. The van der Waals surface area contributed by atoms with Gasteiger partial charge in [0, 0.05) is 19.2 Å². The monoisotopic (exact) mass is 233 g/mol. The van der Waals surface area contributed by atoms with Crippen molar-refractivity contribution in [1.82, 2.24) is 4.90 Å². The van der Waals surface area contributed by atoms with E-state index in [-0.39, 0.29) is 0 Å². The van der Waals surface area contributed by atoms with Gasteiger partial charge in [0.2, 0.25) is 0 Å². The minimum absolute atomic E-state index is 0.382. The van der Waals surface area contributed by atoms with Crippen molar-refractivity contribution in [2.45, 2.75) is 38.8 Å². The van der Waals surface area contributed by atoms with Crippen molar-refractivity contribution in [3.8, 4) is 0 Å². The lowest BCUT2D eigenvalue weighted by Gasteiger charge is -2.30. The maximum atomic E-state index is 5.67. The third-order valence-electron chi connectivity index (χ3n) is 3.69. The minimum Gasteiger partial charge on any atom is -0.377 e. The molecule has 1 saturated heterocycles. The van der Waals surface area contributed by atoms with E-state index >= 15 is 0 Å². The maximum absolute atomic E-state index is 5.67. The van der Waals surface area contributed by atoms with E-state index in [4.69, 9.17) is 4.74 Å². The highest BCUT2D eigenvalue weighted by Gasteiger charge is 2.29. The van der Waals surface area contributed by atoms with E-state index in [1.165, 1.54) is 12.0 Å². The Bertz CT molecular complexity index is 330. The lowest BCUT2D eigenvalue weighted by Crippen LogP contribution is -2.40. The van der Waals surface area contributed by atoms with E-state index < -0.39 is 0 Å². The Morgan fingerprint density at radius 1 is 1.35 bits per heavy atom. The highest BCUT2D eigenvalue weighted by atomic mass is 16.5. The van der Waals surface area contributed by atoms with Crippen LogP contribution in [0.15, 0.2) is 36.0 Å². The second-order valence-corrected chi connectivity index (χ2v) is 4.84. The van der Waals surface area contributed by atoms with Gasteiger partial charge in [-0.15, -0.1) is 0 Å². The van der Waals surface area contributed by atoms with Gasteiger partial charge in [-0.2, -0.15) is 0 Å². The Labute approximate surface area is 105 Å². The summed E-state index contributed by atoms with van der Waals surface area (Å²) in [7, 11) is 0. The quantitative estimate of drug-likeness (QED) is 0.740. The van der Waals surface area contributed by atoms with Crippen LogP contribution in [0.3, 0.4) is 0 Å². The second kappa shape index (κ2) is 6.18. The zero-order valence-electron chi connectivity index (χ0n) is 10.9. The molecular weight excluding hydrogens is 210 g/mol. The summed E-state index contributed by atoms with van der Waals surface area (Å²) in [6.07, 6.45) is 13.5. The molecule has 2 rings (SSSR count). The summed E-state index contributed by atoms with van der Waals surface area (Å²) in [5.74, 6) is 0. The molecular formula is C15H23NO. The lowest BCUT2D eigenvalue weighted by molar-refractivity contribution is 0.0794. The van der Waals surface area contributed by atoms with Crippen LogP contribution in [-0.4, -0.2) is 36.7 Å². The van der Waals surface area contributed by atoms with Gasteiger partial charge in [-0.1, -0.05) is 42.9 Å². The summed E-state index contributed by atoms with van der Waals surface area (Å²) >= 11 is 0. The Morgan fingerprint density at radius 2 is 2.24 bits per heavy atom. The number of hydrogen-bond acceptors (Lipinski definition) is 2. The van der Waals surface area contributed by atoms with Crippen LogP contribution >= 0.6 is 0 Å². The topological polar surface area (TPSA) is 12.5 Å². The van der Waals surface area contributed by atoms with Crippen LogP contribution < -0.4 is 0 Å². The predicted molar refractivity (Wildman–Crippen MR) is 72.0 cm³/mol. The molecule has 0 spiro atoms. The summed E-state index contributed by atoms with van der Waals surface area (Å²) in [6, 6.07) is 0.595. The maximum Gasteiger partial charge on any atom is 0.0703 e. The fourth-order valence-electron chi connectivity index (χ4n) is 2.66. The number of nitrogens with zero attached hydrogens (tertiary/aromatic N) is 1. The minimum atomic E-state index is 0.382. The zero-order valence-corrected chi connectivity index (χ0v) is 10.9. The van der Waals surface area contributed by atoms with Crippen LogP contribution in [0.1, 0.15) is 26.7 Å². The number of rotatable bonds is 4. The van der Waals surface area contributed by atoms with Gasteiger partial charge in [-0.25, -0.2) is 0 Å². The van der Waals surface area contributed by atoms with Crippen molar-refractivity contribution in [2.75, 3.05) is 19.7 Å². The van der Waals surface area contributed by atoms with Gasteiger partial charge in [-0.3, -0.25) is 4.90 Å². The molecule has 0 N–H and O–H groups in total. The van der Waals surface area contributed by atoms with Crippen LogP contribution in [0, 0.1) is 0 Å². The molecule has 17 heavy (non-hydrogen) atoms. The molecule has 0 radical (unpaired) electrons. The predicted octanol–water partition coefficient (Wildman–Crippen LogP) is 2.93. The molecule has 0 amide bonds. The van der Waals surface area contributed by atoms with Crippen LogP contribution in [-0.2, 0) is 4.74 Å². The van der Waals surface area contributed by atoms with Gasteiger partial charge in [0.05, 0.1) is 6.10 Å². The number of likely N-dealkylation sites (N-methyl/N-ethyl adjacent to an activating group) is 1. The third kappa shape index (κ3) is 3.30. The standard InChI is InChI=1S/C15H23NO/c1-3-16(15-10-11-17-13(15)2)12-14-8-6-4-5-7-9-14/h4-8,13,15H,3,9-12H2,1-2H3. The van der Waals surface area contributed by atoms with E-state index in [2.05, 4.69) is 49.1 Å². The molecule has 0 bridgehead atoms. The molecule has 1 heterocycles. The Balaban J connectivity index is 1.97. The first kappa shape index (κ1) is 12.6. The van der Waals surface area contributed by atoms with Crippen LogP contribution in [0.5, 0.6) is 0 Å². The summed E-state index contributed by atoms with van der Waals surface area (Å²) in [6.45, 7) is 7.53. The largest absolute Gasteiger partial charge is 0.377 e. The molecule has 0 aromatic heterocycles. The molecule has 2 atom stereocenters. The van der Waals surface area contributed by atoms with Crippen molar-refractivity contribution in [1.29, 1.82) is 0 Å². The SMILES string of the molecule is CCN(CC1=CC=CC=CC1)C1CCOC1C. The summed E-state index contributed by atoms with van der Waals surface area (Å²) in [4.78, 5) is 2.55. The molecule has 1 aliphatic heterocycles. The van der Waals surface area contributed by atoms with Crippen LogP contribution in [0.25, 0.3) is 0 Å². The Morgan fingerprint density at radius 3 is 2.94 bits per heavy atom. The molecule has 2 aliphatic rings. The summed E-state index contributed by atoms with van der Waals surface area (Å²) in [5, 5.41) is 0. The first-order valence-electron chi connectivity index (χ1n) is 6.68. The fraction of sp³-hybridized carbons (Fsp3) is 0.600. The molecule has 2 heteroatoms. The third-order valence-corrected chi connectivity index (χ3v) is 3.69. The van der Waals surface area contributed by atoms with Gasteiger partial charge >= 0.3 is 0 Å². The first-order valence-corrected chi connectivity index (χ1v) is 6.68. The molecule has 2 unspecified atom stereocenters. The van der Waals surface area contributed by atoms with Crippen molar-refractivity contribution >= 4 is 0 Å². The van der Waals surface area contributed by atoms with Crippen LogP contribution in [0.2, 0.25) is 0 Å². The average Bonchev–Trinajstić information content (AvgIpc) is 2.62. The second-order valence-electron chi connectivity index (χ2n) is 4.84. The number of hydrogen-bond donors (Lipinski definition) is 0. The lowest BCUT2D eigenvalue weighted by atomic mass is 10.1. The normalized spacial score (nSPS) is 28.5. The molecule has 1 fully saturated rings. The highest BCUT2D eigenvalue weighted by Crippen LogP contribution is 2.21. The van der Waals surface area contributed by atoms with Gasteiger partial charge < -0.3 is 4.74 Å². The van der Waals surface area contributed by atoms with Crippen LogP contribution in [0.4, 0.5) is 0 Å². The highest BCUT2D eigenvalue weighted by molar-refractivity contribution is 5.24.